The predicted octanol–water partition coefficient (Wildman–Crippen LogP) is 0.575. The Morgan fingerprint density at radius 2 is 2.15 bits per heavy atom. The third-order valence-corrected chi connectivity index (χ3v) is 3.57. The van der Waals surface area contributed by atoms with Crippen molar-refractivity contribution in [1.29, 1.82) is 0 Å². The van der Waals surface area contributed by atoms with E-state index in [9.17, 15) is 27.7 Å². The zero-order valence-electron chi connectivity index (χ0n) is 10.3. The second-order valence-electron chi connectivity index (χ2n) is 3.50. The van der Waals surface area contributed by atoms with Gasteiger partial charge in [-0.05, 0) is 19.1 Å². The number of nitro benzene ring substituents is 1. The van der Waals surface area contributed by atoms with Gasteiger partial charge in [0.1, 0.15) is 12.4 Å². The van der Waals surface area contributed by atoms with Crippen molar-refractivity contribution in [3.8, 4) is 0 Å². The van der Waals surface area contributed by atoms with Crippen molar-refractivity contribution >= 4 is 21.7 Å². The van der Waals surface area contributed by atoms with Crippen molar-refractivity contribution in [2.75, 3.05) is 13.2 Å². The molecule has 0 atom stereocenters. The topological polar surface area (TPSA) is 116 Å². The number of sulfonamides is 1. The van der Waals surface area contributed by atoms with Crippen LogP contribution in [0, 0.1) is 15.9 Å². The number of hydrogen-bond acceptors (Lipinski definition) is 6. The van der Waals surface area contributed by atoms with Gasteiger partial charge in [-0.2, -0.15) is 4.72 Å². The van der Waals surface area contributed by atoms with Crippen LogP contribution in [0.5, 0.6) is 0 Å². The molecule has 0 saturated carbocycles. The highest BCUT2D eigenvalue weighted by Gasteiger charge is 2.26. The summed E-state index contributed by atoms with van der Waals surface area (Å²) in [7, 11) is -4.33. The Morgan fingerprint density at radius 3 is 2.70 bits per heavy atom. The Hall–Kier alpha value is -2.07. The second kappa shape index (κ2) is 6.39. The van der Waals surface area contributed by atoms with E-state index in [-0.39, 0.29) is 6.61 Å². The molecule has 110 valence electrons. The van der Waals surface area contributed by atoms with Crippen LogP contribution < -0.4 is 4.72 Å². The molecule has 0 aromatic heterocycles. The lowest BCUT2D eigenvalue weighted by atomic mass is 10.3. The molecule has 0 heterocycles. The third kappa shape index (κ3) is 3.96. The quantitative estimate of drug-likeness (QED) is 0.467. The number of benzene rings is 1. The molecule has 0 aliphatic heterocycles. The van der Waals surface area contributed by atoms with Crippen molar-refractivity contribution < 1.29 is 27.3 Å². The van der Waals surface area contributed by atoms with Gasteiger partial charge in [-0.15, -0.1) is 0 Å². The van der Waals surface area contributed by atoms with Gasteiger partial charge in [-0.3, -0.25) is 14.9 Å². The first-order valence-corrected chi connectivity index (χ1v) is 6.85. The SMILES string of the molecule is CCOC(=O)CNS(=O)(=O)c1ccc(F)cc1[N+](=O)[O-]. The zero-order chi connectivity index (χ0) is 15.3. The molecule has 20 heavy (non-hydrogen) atoms. The van der Waals surface area contributed by atoms with Crippen molar-refractivity contribution in [2.45, 2.75) is 11.8 Å². The van der Waals surface area contributed by atoms with Gasteiger partial charge in [0, 0.05) is 0 Å². The maximum absolute atomic E-state index is 12.9. The summed E-state index contributed by atoms with van der Waals surface area (Å²) < 4.78 is 42.9. The fraction of sp³-hybridized carbons (Fsp3) is 0.300. The Balaban J connectivity index is 3.04. The fourth-order valence-electron chi connectivity index (χ4n) is 1.30. The van der Waals surface area contributed by atoms with Crippen LogP contribution in [0.4, 0.5) is 10.1 Å². The molecule has 8 nitrogen and oxygen atoms in total. The molecule has 0 aliphatic rings. The van der Waals surface area contributed by atoms with Crippen LogP contribution in [0.2, 0.25) is 0 Å². The summed E-state index contributed by atoms with van der Waals surface area (Å²) in [6.45, 7) is 0.930. The van der Waals surface area contributed by atoms with Gasteiger partial charge < -0.3 is 4.74 Å². The number of nitrogens with zero attached hydrogens (tertiary/aromatic N) is 1. The maximum Gasteiger partial charge on any atom is 0.321 e. The Bertz CT molecular complexity index is 631. The minimum Gasteiger partial charge on any atom is -0.465 e. The number of ether oxygens (including phenoxy) is 1. The van der Waals surface area contributed by atoms with E-state index in [0.29, 0.717) is 6.07 Å². The van der Waals surface area contributed by atoms with Gasteiger partial charge in [-0.25, -0.2) is 12.8 Å². The van der Waals surface area contributed by atoms with Crippen LogP contribution in [0.3, 0.4) is 0 Å². The van der Waals surface area contributed by atoms with Gasteiger partial charge in [-0.1, -0.05) is 0 Å². The van der Waals surface area contributed by atoms with Crippen molar-refractivity contribution in [1.82, 2.24) is 4.72 Å². The van der Waals surface area contributed by atoms with Crippen molar-refractivity contribution in [2.24, 2.45) is 0 Å². The molecular weight excluding hydrogens is 295 g/mol. The molecular formula is C10H11FN2O6S. The minimum atomic E-state index is -4.33. The van der Waals surface area contributed by atoms with E-state index in [1.54, 1.807) is 0 Å². The van der Waals surface area contributed by atoms with Crippen LogP contribution >= 0.6 is 0 Å². The Kier molecular flexibility index (Phi) is 5.11. The molecule has 0 unspecified atom stereocenters. The third-order valence-electron chi connectivity index (χ3n) is 2.12. The molecule has 0 aliphatic carbocycles. The van der Waals surface area contributed by atoms with Crippen LogP contribution in [0.25, 0.3) is 0 Å². The smallest absolute Gasteiger partial charge is 0.321 e. The van der Waals surface area contributed by atoms with Gasteiger partial charge in [0.25, 0.3) is 5.69 Å². The lowest BCUT2D eigenvalue weighted by molar-refractivity contribution is -0.388. The summed E-state index contributed by atoms with van der Waals surface area (Å²) in [5.41, 5.74) is -0.915. The summed E-state index contributed by atoms with van der Waals surface area (Å²) >= 11 is 0. The Morgan fingerprint density at radius 1 is 1.50 bits per heavy atom. The number of esters is 1. The van der Waals surface area contributed by atoms with Crippen LogP contribution in [0.1, 0.15) is 6.92 Å². The number of halogens is 1. The van der Waals surface area contributed by atoms with E-state index < -0.39 is 43.9 Å². The normalized spacial score (nSPS) is 11.1. The number of nitro groups is 1. The fourth-order valence-corrected chi connectivity index (χ4v) is 2.42. The molecule has 0 amide bonds. The van der Waals surface area contributed by atoms with Crippen LogP contribution in [0.15, 0.2) is 23.1 Å². The number of nitrogens with one attached hydrogen (secondary N) is 1. The average molecular weight is 306 g/mol. The lowest BCUT2D eigenvalue weighted by Gasteiger charge is -2.07. The highest BCUT2D eigenvalue weighted by Crippen LogP contribution is 2.24. The van der Waals surface area contributed by atoms with Crippen molar-refractivity contribution in [3.63, 3.8) is 0 Å². The average Bonchev–Trinajstić information content (AvgIpc) is 2.36. The largest absolute Gasteiger partial charge is 0.465 e. The summed E-state index contributed by atoms with van der Waals surface area (Å²) in [5.74, 6) is -1.78. The highest BCUT2D eigenvalue weighted by atomic mass is 32.2. The molecule has 1 N–H and O–H groups in total. The highest BCUT2D eigenvalue weighted by molar-refractivity contribution is 7.89. The van der Waals surface area contributed by atoms with E-state index in [1.165, 1.54) is 6.92 Å². The summed E-state index contributed by atoms with van der Waals surface area (Å²) in [6.07, 6.45) is 0. The van der Waals surface area contributed by atoms with Gasteiger partial charge in [0.05, 0.1) is 17.6 Å². The van der Waals surface area contributed by atoms with Gasteiger partial charge in [0.15, 0.2) is 4.90 Å². The molecule has 1 aromatic carbocycles. The summed E-state index contributed by atoms with van der Waals surface area (Å²) in [5, 5.41) is 10.7. The lowest BCUT2D eigenvalue weighted by Crippen LogP contribution is -2.31. The van der Waals surface area contributed by atoms with E-state index in [1.807, 2.05) is 4.72 Å². The van der Waals surface area contributed by atoms with Gasteiger partial charge >= 0.3 is 5.97 Å². The van der Waals surface area contributed by atoms with E-state index >= 15 is 0 Å². The number of hydrogen-bond donors (Lipinski definition) is 1. The molecule has 0 spiro atoms. The first-order valence-electron chi connectivity index (χ1n) is 5.37. The number of carbonyl (C=O) groups is 1. The molecule has 0 saturated heterocycles. The monoisotopic (exact) mass is 306 g/mol. The minimum absolute atomic E-state index is 0.0667. The standard InChI is InChI=1S/C10H11FN2O6S/c1-2-19-10(14)6-12-20(17,18)9-4-3-7(11)5-8(9)13(15)16/h3-5,12H,2,6H2,1H3. The van der Waals surface area contributed by atoms with Crippen LogP contribution in [-0.2, 0) is 19.6 Å². The molecule has 10 heteroatoms. The number of carbonyl (C=O) groups excluding carboxylic acids is 1. The van der Waals surface area contributed by atoms with E-state index in [4.69, 9.17) is 0 Å². The zero-order valence-corrected chi connectivity index (χ0v) is 11.1. The predicted molar refractivity (Wildman–Crippen MR) is 64.9 cm³/mol. The molecule has 1 aromatic rings. The maximum atomic E-state index is 12.9. The van der Waals surface area contributed by atoms with Crippen LogP contribution in [-0.4, -0.2) is 32.5 Å². The molecule has 0 fully saturated rings. The summed E-state index contributed by atoms with van der Waals surface area (Å²) in [4.78, 5) is 20.0. The first-order chi connectivity index (χ1) is 9.27. The molecule has 0 radical (unpaired) electrons. The molecule has 0 bridgehead atoms. The summed E-state index contributed by atoms with van der Waals surface area (Å²) in [6, 6.07) is 2.01. The van der Waals surface area contributed by atoms with E-state index in [0.717, 1.165) is 12.1 Å². The van der Waals surface area contributed by atoms with E-state index in [2.05, 4.69) is 4.74 Å². The number of rotatable bonds is 6. The second-order valence-corrected chi connectivity index (χ2v) is 5.23. The first kappa shape index (κ1) is 16.0. The van der Waals surface area contributed by atoms with Gasteiger partial charge in [0.2, 0.25) is 10.0 Å². The molecule has 1 rings (SSSR count). The van der Waals surface area contributed by atoms with Crippen molar-refractivity contribution in [3.05, 3.63) is 34.1 Å². The Labute approximate surface area is 113 Å².